The normalized spacial score (nSPS) is 30.2. The van der Waals surface area contributed by atoms with Crippen LogP contribution in [-0.4, -0.2) is 42.7 Å². The highest BCUT2D eigenvalue weighted by atomic mass is 19.1. The SMILES string of the molecule is CCOC1CC(N)(C(=O)NC2CCN(c3ccccc3F)C2=O)C1(C)C. The standard InChI is InChI=1S/C19H26FN3O3/c1-4-26-15-11-19(21,18(15,2)3)17(25)22-13-9-10-23(16(13)24)14-8-6-5-7-12(14)20/h5-8,13,15H,4,9-11,21H2,1-3H3,(H,22,25). The first-order valence-electron chi connectivity index (χ1n) is 8.99. The van der Waals surface area contributed by atoms with Crippen LogP contribution in [0.2, 0.25) is 0 Å². The zero-order chi connectivity index (χ0) is 19.1. The molecule has 1 aliphatic heterocycles. The molecule has 3 atom stereocenters. The number of nitrogens with zero attached hydrogens (tertiary/aromatic N) is 1. The van der Waals surface area contributed by atoms with Gasteiger partial charge in [0.2, 0.25) is 11.8 Å². The van der Waals surface area contributed by atoms with Gasteiger partial charge in [0.1, 0.15) is 17.4 Å². The van der Waals surface area contributed by atoms with E-state index in [1.54, 1.807) is 18.2 Å². The Morgan fingerprint density at radius 3 is 2.73 bits per heavy atom. The number of anilines is 1. The van der Waals surface area contributed by atoms with Gasteiger partial charge in [-0.15, -0.1) is 0 Å². The molecule has 3 unspecified atom stereocenters. The Hall–Kier alpha value is -1.99. The lowest BCUT2D eigenvalue weighted by molar-refractivity contribution is -0.171. The van der Waals surface area contributed by atoms with Gasteiger partial charge in [0.25, 0.3) is 0 Å². The van der Waals surface area contributed by atoms with Gasteiger partial charge < -0.3 is 20.7 Å². The number of hydrogen-bond donors (Lipinski definition) is 2. The van der Waals surface area contributed by atoms with E-state index in [9.17, 15) is 14.0 Å². The first-order valence-corrected chi connectivity index (χ1v) is 8.99. The van der Waals surface area contributed by atoms with Crippen molar-refractivity contribution in [2.45, 2.75) is 51.3 Å². The van der Waals surface area contributed by atoms with E-state index >= 15 is 0 Å². The molecule has 2 aliphatic rings. The Morgan fingerprint density at radius 2 is 2.12 bits per heavy atom. The lowest BCUT2D eigenvalue weighted by atomic mass is 9.54. The highest BCUT2D eigenvalue weighted by Gasteiger charge is 2.63. The number of benzene rings is 1. The van der Waals surface area contributed by atoms with Crippen LogP contribution in [0.5, 0.6) is 0 Å². The van der Waals surface area contributed by atoms with Gasteiger partial charge in [-0.3, -0.25) is 9.59 Å². The second-order valence-corrected chi connectivity index (χ2v) is 7.60. The summed E-state index contributed by atoms with van der Waals surface area (Å²) >= 11 is 0. The Morgan fingerprint density at radius 1 is 1.42 bits per heavy atom. The summed E-state index contributed by atoms with van der Waals surface area (Å²) in [5.74, 6) is -1.12. The van der Waals surface area contributed by atoms with Crippen molar-refractivity contribution in [1.82, 2.24) is 5.32 Å². The fourth-order valence-corrected chi connectivity index (χ4v) is 3.83. The van der Waals surface area contributed by atoms with Crippen molar-refractivity contribution in [1.29, 1.82) is 0 Å². The summed E-state index contributed by atoms with van der Waals surface area (Å²) in [5.41, 5.74) is 4.98. The van der Waals surface area contributed by atoms with Gasteiger partial charge in [-0.05, 0) is 25.5 Å². The summed E-state index contributed by atoms with van der Waals surface area (Å²) in [7, 11) is 0. The van der Waals surface area contributed by atoms with Gasteiger partial charge >= 0.3 is 0 Å². The first-order chi connectivity index (χ1) is 12.2. The molecule has 1 heterocycles. The summed E-state index contributed by atoms with van der Waals surface area (Å²) in [6.45, 7) is 6.62. The quantitative estimate of drug-likeness (QED) is 0.832. The van der Waals surface area contributed by atoms with Crippen LogP contribution in [0.3, 0.4) is 0 Å². The molecule has 3 rings (SSSR count). The Balaban J connectivity index is 1.68. The number of hydrogen-bond acceptors (Lipinski definition) is 4. The number of nitrogens with one attached hydrogen (secondary N) is 1. The van der Waals surface area contributed by atoms with Crippen molar-refractivity contribution in [2.24, 2.45) is 11.1 Å². The maximum absolute atomic E-state index is 14.0. The zero-order valence-corrected chi connectivity index (χ0v) is 15.4. The third-order valence-corrected chi connectivity index (χ3v) is 5.89. The van der Waals surface area contributed by atoms with Gasteiger partial charge in [0, 0.05) is 25.0 Å². The molecule has 1 saturated carbocycles. The number of amides is 2. The molecule has 2 fully saturated rings. The van der Waals surface area contributed by atoms with Crippen LogP contribution in [0.15, 0.2) is 24.3 Å². The van der Waals surface area contributed by atoms with Crippen LogP contribution in [-0.2, 0) is 14.3 Å². The van der Waals surface area contributed by atoms with Crippen molar-refractivity contribution in [3.63, 3.8) is 0 Å². The molecule has 2 amide bonds. The predicted octanol–water partition coefficient (Wildman–Crippen LogP) is 1.58. The van der Waals surface area contributed by atoms with Crippen LogP contribution < -0.4 is 16.0 Å². The Labute approximate surface area is 152 Å². The summed E-state index contributed by atoms with van der Waals surface area (Å²) in [6.07, 6.45) is 0.750. The molecule has 1 aliphatic carbocycles. The summed E-state index contributed by atoms with van der Waals surface area (Å²) in [5, 5.41) is 2.78. The van der Waals surface area contributed by atoms with Gasteiger partial charge in [-0.2, -0.15) is 0 Å². The third kappa shape index (κ3) is 2.79. The fourth-order valence-electron chi connectivity index (χ4n) is 3.83. The maximum Gasteiger partial charge on any atom is 0.249 e. The van der Waals surface area contributed by atoms with E-state index < -0.39 is 22.8 Å². The smallest absolute Gasteiger partial charge is 0.249 e. The summed E-state index contributed by atoms with van der Waals surface area (Å²) in [6, 6.07) is 5.43. The average molecular weight is 363 g/mol. The van der Waals surface area contributed by atoms with Crippen molar-refractivity contribution < 1.29 is 18.7 Å². The molecule has 3 N–H and O–H groups in total. The van der Waals surface area contributed by atoms with E-state index in [-0.39, 0.29) is 23.6 Å². The van der Waals surface area contributed by atoms with Gasteiger partial charge in [0.05, 0.1) is 11.8 Å². The molecule has 1 aromatic rings. The van der Waals surface area contributed by atoms with E-state index in [0.29, 0.717) is 26.0 Å². The molecular formula is C19H26FN3O3. The van der Waals surface area contributed by atoms with E-state index in [0.717, 1.165) is 0 Å². The predicted molar refractivity (Wildman–Crippen MR) is 96.0 cm³/mol. The van der Waals surface area contributed by atoms with E-state index in [2.05, 4.69) is 5.32 Å². The second kappa shape index (κ2) is 6.63. The number of nitrogens with two attached hydrogens (primary N) is 1. The molecule has 142 valence electrons. The topological polar surface area (TPSA) is 84.7 Å². The monoisotopic (exact) mass is 363 g/mol. The molecule has 1 saturated heterocycles. The molecule has 26 heavy (non-hydrogen) atoms. The number of halogens is 1. The third-order valence-electron chi connectivity index (χ3n) is 5.89. The number of rotatable bonds is 5. The fraction of sp³-hybridized carbons (Fsp3) is 0.579. The van der Waals surface area contributed by atoms with Gasteiger partial charge in [-0.25, -0.2) is 4.39 Å². The van der Waals surface area contributed by atoms with Crippen LogP contribution >= 0.6 is 0 Å². The molecule has 0 radical (unpaired) electrons. The van der Waals surface area contributed by atoms with Crippen molar-refractivity contribution in [3.05, 3.63) is 30.1 Å². The minimum atomic E-state index is -1.08. The van der Waals surface area contributed by atoms with Crippen LogP contribution in [0.1, 0.15) is 33.6 Å². The second-order valence-electron chi connectivity index (χ2n) is 7.60. The van der Waals surface area contributed by atoms with Gasteiger partial charge in [-0.1, -0.05) is 26.0 Å². The minimum absolute atomic E-state index is 0.0857. The van der Waals surface area contributed by atoms with E-state index in [1.165, 1.54) is 11.0 Å². The van der Waals surface area contributed by atoms with Gasteiger partial charge in [0.15, 0.2) is 0 Å². The molecule has 0 aromatic heterocycles. The minimum Gasteiger partial charge on any atom is -0.378 e. The maximum atomic E-state index is 14.0. The zero-order valence-electron chi connectivity index (χ0n) is 15.4. The van der Waals surface area contributed by atoms with E-state index in [4.69, 9.17) is 10.5 Å². The van der Waals surface area contributed by atoms with Crippen LogP contribution in [0.25, 0.3) is 0 Å². The summed E-state index contributed by atoms with van der Waals surface area (Å²) < 4.78 is 19.6. The molecular weight excluding hydrogens is 337 g/mol. The molecule has 7 heteroatoms. The number of carbonyl (C=O) groups is 2. The lowest BCUT2D eigenvalue weighted by Gasteiger charge is -2.57. The van der Waals surface area contributed by atoms with Crippen LogP contribution in [0.4, 0.5) is 10.1 Å². The number of para-hydroxylation sites is 1. The highest BCUT2D eigenvalue weighted by molar-refractivity contribution is 6.02. The molecule has 0 spiro atoms. The molecule has 6 nitrogen and oxygen atoms in total. The van der Waals surface area contributed by atoms with Crippen molar-refractivity contribution >= 4 is 17.5 Å². The summed E-state index contributed by atoms with van der Waals surface area (Å²) in [4.78, 5) is 26.8. The van der Waals surface area contributed by atoms with Crippen molar-refractivity contribution in [3.8, 4) is 0 Å². The lowest BCUT2D eigenvalue weighted by Crippen LogP contribution is -2.76. The number of carbonyl (C=O) groups excluding carboxylic acids is 2. The Kier molecular flexibility index (Phi) is 4.79. The highest BCUT2D eigenvalue weighted by Crippen LogP contribution is 2.50. The first kappa shape index (κ1) is 18.8. The van der Waals surface area contributed by atoms with E-state index in [1.807, 2.05) is 20.8 Å². The Bertz CT molecular complexity index is 724. The molecule has 1 aromatic carbocycles. The number of ether oxygens (including phenoxy) is 1. The van der Waals surface area contributed by atoms with Crippen LogP contribution in [0, 0.1) is 11.2 Å². The average Bonchev–Trinajstić information content (AvgIpc) is 2.95. The van der Waals surface area contributed by atoms with Crippen molar-refractivity contribution in [2.75, 3.05) is 18.1 Å². The molecule has 0 bridgehead atoms. The largest absolute Gasteiger partial charge is 0.378 e.